The third kappa shape index (κ3) is 4.80. The van der Waals surface area contributed by atoms with Gasteiger partial charge in [-0.25, -0.2) is 0 Å². The fourth-order valence-electron chi connectivity index (χ4n) is 6.02. The van der Waals surface area contributed by atoms with Crippen molar-refractivity contribution in [2.45, 2.75) is 50.6 Å². The monoisotopic (exact) mass is 502 g/mol. The van der Waals surface area contributed by atoms with Crippen molar-refractivity contribution in [3.8, 4) is 17.8 Å². The molecule has 2 atom stereocenters. The number of anilines is 2. The van der Waals surface area contributed by atoms with E-state index in [2.05, 4.69) is 34.6 Å². The van der Waals surface area contributed by atoms with Gasteiger partial charge in [0, 0.05) is 49.9 Å². The van der Waals surface area contributed by atoms with Gasteiger partial charge in [0.15, 0.2) is 0 Å². The molecule has 0 N–H and O–H groups in total. The second kappa shape index (κ2) is 10.7. The van der Waals surface area contributed by atoms with E-state index in [0.717, 1.165) is 61.5 Å². The lowest BCUT2D eigenvalue weighted by atomic mass is 9.88. The van der Waals surface area contributed by atoms with Crippen LogP contribution < -0.4 is 19.3 Å². The Morgan fingerprint density at radius 2 is 2.08 bits per heavy atom. The normalized spacial score (nSPS) is 20.9. The highest BCUT2D eigenvalue weighted by molar-refractivity contribution is 5.87. The van der Waals surface area contributed by atoms with Crippen molar-refractivity contribution in [2.75, 3.05) is 50.2 Å². The summed E-state index contributed by atoms with van der Waals surface area (Å²) in [7, 11) is 3.31. The number of aryl methyl sites for hydroxylation is 1. The molecule has 0 bridgehead atoms. The maximum atomic E-state index is 12.4. The Labute approximate surface area is 218 Å². The van der Waals surface area contributed by atoms with Crippen LogP contribution >= 0.6 is 0 Å². The third-order valence-electron chi connectivity index (χ3n) is 7.84. The highest BCUT2D eigenvalue weighted by Crippen LogP contribution is 2.37. The summed E-state index contributed by atoms with van der Waals surface area (Å²) in [4.78, 5) is 28.4. The van der Waals surface area contributed by atoms with Gasteiger partial charge >= 0.3 is 6.01 Å². The molecule has 0 saturated carbocycles. The minimum atomic E-state index is -0.209. The van der Waals surface area contributed by atoms with Gasteiger partial charge in [-0.1, -0.05) is 6.58 Å². The number of methoxy groups -OCH3 is 2. The number of piperazine rings is 1. The van der Waals surface area contributed by atoms with Gasteiger partial charge in [-0.2, -0.15) is 15.2 Å². The van der Waals surface area contributed by atoms with E-state index >= 15 is 0 Å². The molecule has 3 heterocycles. The average Bonchev–Trinajstić information content (AvgIpc) is 2.95. The van der Waals surface area contributed by atoms with Gasteiger partial charge in [0.1, 0.15) is 11.6 Å². The molecule has 37 heavy (non-hydrogen) atoms. The molecule has 0 spiro atoms. The summed E-state index contributed by atoms with van der Waals surface area (Å²) in [6.45, 7) is 6.36. The lowest BCUT2D eigenvalue weighted by Gasteiger charge is -2.43. The Hall–Kier alpha value is -3.80. The molecule has 194 valence electrons. The molecular formula is C28H34N6O3. The van der Waals surface area contributed by atoms with Gasteiger partial charge < -0.3 is 24.2 Å². The number of benzene rings is 1. The Balaban J connectivity index is 1.42. The summed E-state index contributed by atoms with van der Waals surface area (Å²) in [5.74, 6) is 1.64. The second-order valence-electron chi connectivity index (χ2n) is 9.85. The fourth-order valence-corrected chi connectivity index (χ4v) is 6.02. The summed E-state index contributed by atoms with van der Waals surface area (Å²) < 4.78 is 11.0. The summed E-state index contributed by atoms with van der Waals surface area (Å²) in [5.41, 5.74) is 4.82. The van der Waals surface area contributed by atoms with Crippen LogP contribution in [0.2, 0.25) is 0 Å². The van der Waals surface area contributed by atoms with Crippen LogP contribution in [-0.4, -0.2) is 73.3 Å². The third-order valence-corrected chi connectivity index (χ3v) is 7.84. The van der Waals surface area contributed by atoms with Crippen LogP contribution in [0.4, 0.5) is 11.5 Å². The number of hydrogen-bond acceptors (Lipinski definition) is 8. The molecular weight excluding hydrogens is 468 g/mol. The standard InChI is InChI=1S/C28H34N6O3/c1-4-26(35)34-15-14-32(18-21(34)11-12-29)27-23-9-7-20(17-24(23)30-28(31-27)37-3)33-13-5-6-19-16-22(36-2)8-10-25(19)33/h4,8,10,16,20-21H,1,5-7,9,11,13-15,17-18H2,2-3H3/t20?,21-/m0/s1. The van der Waals surface area contributed by atoms with Crippen LogP contribution in [0.25, 0.3) is 0 Å². The molecule has 5 rings (SSSR count). The summed E-state index contributed by atoms with van der Waals surface area (Å²) in [6.07, 6.45) is 6.48. The minimum absolute atomic E-state index is 0.135. The van der Waals surface area contributed by atoms with E-state index in [-0.39, 0.29) is 18.4 Å². The van der Waals surface area contributed by atoms with Gasteiger partial charge in [0.05, 0.1) is 38.4 Å². The molecule has 2 aromatic rings. The molecule has 0 radical (unpaired) electrons. The molecule has 9 nitrogen and oxygen atoms in total. The number of carbonyl (C=O) groups is 1. The zero-order chi connectivity index (χ0) is 25.9. The van der Waals surface area contributed by atoms with Crippen LogP contribution in [0, 0.1) is 11.3 Å². The predicted molar refractivity (Wildman–Crippen MR) is 141 cm³/mol. The highest BCUT2D eigenvalue weighted by atomic mass is 16.5. The van der Waals surface area contributed by atoms with Crippen molar-refractivity contribution in [3.63, 3.8) is 0 Å². The molecule has 1 unspecified atom stereocenters. The van der Waals surface area contributed by atoms with Crippen LogP contribution in [0.1, 0.15) is 36.1 Å². The first kappa shape index (κ1) is 24.9. The topological polar surface area (TPSA) is 94.8 Å². The molecule has 1 aliphatic carbocycles. The van der Waals surface area contributed by atoms with Crippen molar-refractivity contribution in [1.82, 2.24) is 14.9 Å². The van der Waals surface area contributed by atoms with E-state index in [1.54, 1.807) is 19.1 Å². The number of carbonyl (C=O) groups excluding carboxylic acids is 1. The average molecular weight is 503 g/mol. The van der Waals surface area contributed by atoms with Crippen LogP contribution in [0.5, 0.6) is 11.8 Å². The molecule has 1 fully saturated rings. The quantitative estimate of drug-likeness (QED) is 0.557. The lowest BCUT2D eigenvalue weighted by Crippen LogP contribution is -2.55. The number of fused-ring (bicyclic) bond motifs is 2. The number of nitriles is 1. The SMILES string of the molecule is C=CC(=O)N1CCN(c2nc(OC)nc3c2CCC(N2CCCc4cc(OC)ccc42)C3)C[C@@H]1CC#N. The van der Waals surface area contributed by atoms with E-state index in [1.807, 2.05) is 6.07 Å². The first-order valence-electron chi connectivity index (χ1n) is 13.0. The summed E-state index contributed by atoms with van der Waals surface area (Å²) >= 11 is 0. The van der Waals surface area contributed by atoms with E-state index in [0.29, 0.717) is 31.7 Å². The first-order valence-corrected chi connectivity index (χ1v) is 13.0. The zero-order valence-corrected chi connectivity index (χ0v) is 21.7. The predicted octanol–water partition coefficient (Wildman–Crippen LogP) is 2.92. The number of nitrogens with zero attached hydrogens (tertiary/aromatic N) is 6. The molecule has 3 aliphatic rings. The molecule has 1 aromatic carbocycles. The van der Waals surface area contributed by atoms with Gasteiger partial charge in [0.25, 0.3) is 0 Å². The number of amides is 1. The highest BCUT2D eigenvalue weighted by Gasteiger charge is 2.35. The summed E-state index contributed by atoms with van der Waals surface area (Å²) in [6, 6.07) is 9.13. The van der Waals surface area contributed by atoms with Crippen LogP contribution in [0.15, 0.2) is 30.9 Å². The van der Waals surface area contributed by atoms with E-state index in [1.165, 1.54) is 17.3 Å². The van der Waals surface area contributed by atoms with E-state index < -0.39 is 0 Å². The van der Waals surface area contributed by atoms with Gasteiger partial charge in [-0.3, -0.25) is 4.79 Å². The maximum Gasteiger partial charge on any atom is 0.318 e. The molecule has 1 aromatic heterocycles. The van der Waals surface area contributed by atoms with Crippen molar-refractivity contribution < 1.29 is 14.3 Å². The Morgan fingerprint density at radius 3 is 2.84 bits per heavy atom. The lowest BCUT2D eigenvalue weighted by molar-refractivity contribution is -0.128. The van der Waals surface area contributed by atoms with E-state index in [9.17, 15) is 10.1 Å². The Morgan fingerprint density at radius 1 is 1.22 bits per heavy atom. The molecule has 9 heteroatoms. The summed E-state index contributed by atoms with van der Waals surface area (Å²) in [5, 5.41) is 9.38. The molecule has 2 aliphatic heterocycles. The fraction of sp³-hybridized carbons (Fsp3) is 0.500. The van der Waals surface area contributed by atoms with Crippen LogP contribution in [-0.2, 0) is 24.1 Å². The van der Waals surface area contributed by atoms with Crippen molar-refractivity contribution >= 4 is 17.4 Å². The van der Waals surface area contributed by atoms with E-state index in [4.69, 9.17) is 19.4 Å². The minimum Gasteiger partial charge on any atom is -0.497 e. The van der Waals surface area contributed by atoms with Crippen molar-refractivity contribution in [1.29, 1.82) is 5.26 Å². The Kier molecular flexibility index (Phi) is 7.17. The van der Waals surface area contributed by atoms with Crippen molar-refractivity contribution in [3.05, 3.63) is 47.7 Å². The molecule has 1 saturated heterocycles. The number of ether oxygens (including phenoxy) is 2. The number of aromatic nitrogens is 2. The second-order valence-corrected chi connectivity index (χ2v) is 9.85. The number of rotatable bonds is 6. The van der Waals surface area contributed by atoms with Gasteiger partial charge in [-0.15, -0.1) is 0 Å². The Bertz CT molecular complexity index is 1230. The first-order chi connectivity index (χ1) is 18.1. The molecule has 1 amide bonds. The van der Waals surface area contributed by atoms with Crippen molar-refractivity contribution in [2.24, 2.45) is 0 Å². The number of hydrogen-bond donors (Lipinski definition) is 0. The maximum absolute atomic E-state index is 12.4. The largest absolute Gasteiger partial charge is 0.497 e. The zero-order valence-electron chi connectivity index (χ0n) is 21.7. The van der Waals surface area contributed by atoms with Crippen LogP contribution in [0.3, 0.4) is 0 Å². The van der Waals surface area contributed by atoms with Gasteiger partial charge in [0.2, 0.25) is 5.91 Å². The van der Waals surface area contributed by atoms with Gasteiger partial charge in [-0.05, 0) is 55.5 Å². The smallest absolute Gasteiger partial charge is 0.318 e.